The minimum Gasteiger partial charge on any atom is -0.389 e. The summed E-state index contributed by atoms with van der Waals surface area (Å²) >= 11 is 5.66. The molecule has 0 fully saturated rings. The van der Waals surface area contributed by atoms with E-state index < -0.39 is 12.2 Å². The molecular formula is C7H10ClN3O2. The third kappa shape index (κ3) is 2.35. The molecule has 2 atom stereocenters. The lowest BCUT2D eigenvalue weighted by Crippen LogP contribution is -2.27. The Labute approximate surface area is 80.2 Å². The van der Waals surface area contributed by atoms with Crippen molar-refractivity contribution >= 4 is 11.6 Å². The van der Waals surface area contributed by atoms with E-state index >= 15 is 0 Å². The highest BCUT2D eigenvalue weighted by atomic mass is 35.5. The van der Waals surface area contributed by atoms with E-state index in [1.165, 1.54) is 12.5 Å². The number of nitrogens with zero attached hydrogens (tertiary/aromatic N) is 2. The van der Waals surface area contributed by atoms with Crippen molar-refractivity contribution in [1.29, 1.82) is 0 Å². The van der Waals surface area contributed by atoms with E-state index in [1.54, 1.807) is 0 Å². The van der Waals surface area contributed by atoms with E-state index in [4.69, 9.17) is 17.3 Å². The second-order valence-electron chi connectivity index (χ2n) is 2.52. The fourth-order valence-corrected chi connectivity index (χ4v) is 1.06. The molecule has 0 aromatic carbocycles. The van der Waals surface area contributed by atoms with Crippen molar-refractivity contribution in [2.75, 3.05) is 6.54 Å². The Morgan fingerprint density at radius 1 is 1.54 bits per heavy atom. The standard InChI is InChI=1S/C7H10ClN3O2/c8-7-4(2-10-3-11-7)6(13)5(12)1-9/h2-3,5-6,12-13H,1,9H2. The Bertz CT molecular complexity index is 284. The van der Waals surface area contributed by atoms with Crippen LogP contribution in [0.25, 0.3) is 0 Å². The molecule has 0 radical (unpaired) electrons. The van der Waals surface area contributed by atoms with Gasteiger partial charge in [0.2, 0.25) is 0 Å². The van der Waals surface area contributed by atoms with E-state index in [2.05, 4.69) is 9.97 Å². The maximum atomic E-state index is 9.48. The van der Waals surface area contributed by atoms with Crippen LogP contribution in [0, 0.1) is 0 Å². The lowest BCUT2D eigenvalue weighted by molar-refractivity contribution is 0.0240. The molecule has 1 aromatic heterocycles. The van der Waals surface area contributed by atoms with Crippen LogP contribution in [0.5, 0.6) is 0 Å². The highest BCUT2D eigenvalue weighted by molar-refractivity contribution is 6.30. The first kappa shape index (κ1) is 10.3. The first-order valence-corrected chi connectivity index (χ1v) is 4.06. The van der Waals surface area contributed by atoms with Gasteiger partial charge in [-0.1, -0.05) is 11.6 Å². The lowest BCUT2D eigenvalue weighted by Gasteiger charge is -2.16. The zero-order valence-corrected chi connectivity index (χ0v) is 7.52. The zero-order chi connectivity index (χ0) is 9.84. The number of aliphatic hydroxyl groups excluding tert-OH is 2. The molecule has 5 nitrogen and oxygen atoms in total. The van der Waals surface area contributed by atoms with Gasteiger partial charge in [-0.05, 0) is 0 Å². The molecule has 0 aliphatic heterocycles. The number of aliphatic hydroxyl groups is 2. The minimum absolute atomic E-state index is 0.0492. The van der Waals surface area contributed by atoms with E-state index in [0.717, 1.165) is 0 Å². The molecule has 72 valence electrons. The van der Waals surface area contributed by atoms with Gasteiger partial charge in [0.15, 0.2) is 0 Å². The van der Waals surface area contributed by atoms with Crippen LogP contribution in [0.3, 0.4) is 0 Å². The molecule has 13 heavy (non-hydrogen) atoms. The Hall–Kier alpha value is -0.750. The smallest absolute Gasteiger partial charge is 0.138 e. The Morgan fingerprint density at radius 3 is 2.77 bits per heavy atom. The summed E-state index contributed by atoms with van der Waals surface area (Å²) in [4.78, 5) is 7.34. The third-order valence-electron chi connectivity index (χ3n) is 1.61. The highest BCUT2D eigenvalue weighted by Gasteiger charge is 2.19. The van der Waals surface area contributed by atoms with Crippen LogP contribution >= 0.6 is 11.6 Å². The molecule has 0 amide bonds. The van der Waals surface area contributed by atoms with Gasteiger partial charge in [0.25, 0.3) is 0 Å². The van der Waals surface area contributed by atoms with Crippen LogP contribution in [-0.2, 0) is 0 Å². The molecule has 1 aromatic rings. The topological polar surface area (TPSA) is 92.3 Å². The average Bonchev–Trinajstić information content (AvgIpc) is 2.16. The van der Waals surface area contributed by atoms with Gasteiger partial charge >= 0.3 is 0 Å². The van der Waals surface area contributed by atoms with E-state index in [0.29, 0.717) is 0 Å². The Morgan fingerprint density at radius 2 is 2.23 bits per heavy atom. The monoisotopic (exact) mass is 203 g/mol. The summed E-state index contributed by atoms with van der Waals surface area (Å²) < 4.78 is 0. The molecule has 0 saturated heterocycles. The molecule has 1 rings (SSSR count). The molecule has 0 aliphatic carbocycles. The van der Waals surface area contributed by atoms with Gasteiger partial charge in [0, 0.05) is 18.3 Å². The van der Waals surface area contributed by atoms with E-state index in [-0.39, 0.29) is 17.3 Å². The predicted octanol–water partition coefficient (Wildman–Crippen LogP) is -0.517. The van der Waals surface area contributed by atoms with Crippen LogP contribution in [0.1, 0.15) is 11.7 Å². The van der Waals surface area contributed by atoms with Crippen LogP contribution in [-0.4, -0.2) is 32.8 Å². The molecule has 0 spiro atoms. The second-order valence-corrected chi connectivity index (χ2v) is 2.87. The van der Waals surface area contributed by atoms with Gasteiger partial charge in [0.05, 0.1) is 6.10 Å². The van der Waals surface area contributed by atoms with Crippen molar-refractivity contribution in [1.82, 2.24) is 9.97 Å². The number of rotatable bonds is 3. The normalized spacial score (nSPS) is 15.4. The number of hydrogen-bond donors (Lipinski definition) is 3. The molecule has 6 heteroatoms. The SMILES string of the molecule is NCC(O)C(O)c1cncnc1Cl. The fourth-order valence-electron chi connectivity index (χ4n) is 0.860. The largest absolute Gasteiger partial charge is 0.389 e. The average molecular weight is 204 g/mol. The van der Waals surface area contributed by atoms with Crippen molar-refractivity contribution in [3.63, 3.8) is 0 Å². The van der Waals surface area contributed by atoms with Gasteiger partial charge in [-0.25, -0.2) is 9.97 Å². The predicted molar refractivity (Wildman–Crippen MR) is 47.1 cm³/mol. The lowest BCUT2D eigenvalue weighted by atomic mass is 10.1. The number of aromatic nitrogens is 2. The van der Waals surface area contributed by atoms with Crippen molar-refractivity contribution in [2.24, 2.45) is 5.73 Å². The van der Waals surface area contributed by atoms with Crippen molar-refractivity contribution in [3.8, 4) is 0 Å². The van der Waals surface area contributed by atoms with E-state index in [9.17, 15) is 10.2 Å². The highest BCUT2D eigenvalue weighted by Crippen LogP contribution is 2.21. The van der Waals surface area contributed by atoms with Crippen molar-refractivity contribution < 1.29 is 10.2 Å². The number of hydrogen-bond acceptors (Lipinski definition) is 5. The fraction of sp³-hybridized carbons (Fsp3) is 0.429. The van der Waals surface area contributed by atoms with Gasteiger partial charge in [-0.2, -0.15) is 0 Å². The maximum Gasteiger partial charge on any atom is 0.138 e. The quantitative estimate of drug-likeness (QED) is 0.575. The second kappa shape index (κ2) is 4.48. The van der Waals surface area contributed by atoms with Gasteiger partial charge < -0.3 is 15.9 Å². The molecule has 1 heterocycles. The van der Waals surface area contributed by atoms with Crippen LogP contribution in [0.2, 0.25) is 5.15 Å². The first-order valence-electron chi connectivity index (χ1n) is 3.68. The first-order chi connectivity index (χ1) is 6.16. The summed E-state index contributed by atoms with van der Waals surface area (Å²) in [5, 5.41) is 18.8. The summed E-state index contributed by atoms with van der Waals surface area (Å²) in [5.74, 6) is 0. The third-order valence-corrected chi connectivity index (χ3v) is 1.93. The molecule has 0 bridgehead atoms. The summed E-state index contributed by atoms with van der Waals surface area (Å²) in [7, 11) is 0. The maximum absolute atomic E-state index is 9.48. The molecule has 4 N–H and O–H groups in total. The number of halogens is 1. The van der Waals surface area contributed by atoms with Crippen LogP contribution in [0.4, 0.5) is 0 Å². The minimum atomic E-state index is -1.14. The van der Waals surface area contributed by atoms with Gasteiger partial charge in [-0.15, -0.1) is 0 Å². The van der Waals surface area contributed by atoms with Gasteiger partial charge in [0.1, 0.15) is 17.6 Å². The van der Waals surface area contributed by atoms with Crippen molar-refractivity contribution in [3.05, 3.63) is 23.2 Å². The zero-order valence-electron chi connectivity index (χ0n) is 6.76. The Balaban J connectivity index is 2.88. The molecular weight excluding hydrogens is 194 g/mol. The number of nitrogens with two attached hydrogens (primary N) is 1. The van der Waals surface area contributed by atoms with Crippen LogP contribution in [0.15, 0.2) is 12.5 Å². The molecule has 0 aliphatic rings. The van der Waals surface area contributed by atoms with E-state index in [1.807, 2.05) is 0 Å². The summed E-state index contributed by atoms with van der Waals surface area (Å²) in [5.41, 5.74) is 5.45. The van der Waals surface area contributed by atoms with Crippen molar-refractivity contribution in [2.45, 2.75) is 12.2 Å². The Kier molecular flexibility index (Phi) is 3.56. The van der Waals surface area contributed by atoms with Crippen LogP contribution < -0.4 is 5.73 Å². The summed E-state index contributed by atoms with van der Waals surface area (Å²) in [6.45, 7) is -0.0492. The summed E-state index contributed by atoms with van der Waals surface area (Å²) in [6, 6.07) is 0. The van der Waals surface area contributed by atoms with Gasteiger partial charge in [-0.3, -0.25) is 0 Å². The summed E-state index contributed by atoms with van der Waals surface area (Å²) in [6.07, 6.45) is 0.411. The molecule has 0 saturated carbocycles. The molecule has 2 unspecified atom stereocenters.